The van der Waals surface area contributed by atoms with E-state index >= 15 is 0 Å². The first-order valence-electron chi connectivity index (χ1n) is 7.78. The molecule has 0 radical (unpaired) electrons. The van der Waals surface area contributed by atoms with Crippen molar-refractivity contribution in [3.05, 3.63) is 35.4 Å². The molecular weight excluding hydrogens is 260 g/mol. The topological polar surface area (TPSA) is 41.5 Å². The van der Waals surface area contributed by atoms with Crippen molar-refractivity contribution >= 4 is 11.6 Å². The number of amides is 1. The highest BCUT2D eigenvalue weighted by molar-refractivity contribution is 5.98. The van der Waals surface area contributed by atoms with Crippen molar-refractivity contribution in [2.45, 2.75) is 47.0 Å². The van der Waals surface area contributed by atoms with E-state index in [0.29, 0.717) is 16.9 Å². The van der Waals surface area contributed by atoms with Crippen molar-refractivity contribution in [2.75, 3.05) is 0 Å². The largest absolute Gasteiger partial charge is 0.271 e. The molecule has 2 aliphatic carbocycles. The molecule has 1 amide bonds. The van der Waals surface area contributed by atoms with Gasteiger partial charge in [0.2, 0.25) is 0 Å². The summed E-state index contributed by atoms with van der Waals surface area (Å²) in [5.41, 5.74) is 6.17. The maximum absolute atomic E-state index is 12.2. The van der Waals surface area contributed by atoms with Gasteiger partial charge in [0, 0.05) is 16.7 Å². The molecule has 2 saturated carbocycles. The zero-order chi connectivity index (χ0) is 15.3. The summed E-state index contributed by atoms with van der Waals surface area (Å²) in [5.74, 6) is 0.587. The molecule has 0 aliphatic heterocycles. The fourth-order valence-electron chi connectivity index (χ4n) is 3.99. The molecule has 2 aliphatic rings. The predicted molar refractivity (Wildman–Crippen MR) is 85.3 cm³/mol. The molecule has 21 heavy (non-hydrogen) atoms. The summed E-state index contributed by atoms with van der Waals surface area (Å²) in [6.07, 6.45) is 3.50. The maximum Gasteiger partial charge on any atom is 0.271 e. The Morgan fingerprint density at radius 1 is 1.24 bits per heavy atom. The average Bonchev–Trinajstić information content (AvgIpc) is 2.78. The van der Waals surface area contributed by atoms with Gasteiger partial charge in [0.1, 0.15) is 0 Å². The Morgan fingerprint density at radius 2 is 1.90 bits per heavy atom. The zero-order valence-electron chi connectivity index (χ0n) is 13.4. The summed E-state index contributed by atoms with van der Waals surface area (Å²) in [6.45, 7) is 9.00. The fourth-order valence-corrected chi connectivity index (χ4v) is 3.99. The molecule has 0 saturated heterocycles. The van der Waals surface area contributed by atoms with Crippen LogP contribution < -0.4 is 5.43 Å². The molecule has 0 spiro atoms. The van der Waals surface area contributed by atoms with Crippen LogP contribution in [0.3, 0.4) is 0 Å². The Kier molecular flexibility index (Phi) is 3.19. The third-order valence-electron chi connectivity index (χ3n) is 6.12. The SMILES string of the molecule is Cc1ccc(C(=O)N/N=C2/C[C@@H]3CC[C@]2(C)C3(C)C)cc1. The number of benzene rings is 1. The van der Waals surface area contributed by atoms with Crippen molar-refractivity contribution in [3.8, 4) is 0 Å². The van der Waals surface area contributed by atoms with E-state index in [0.717, 1.165) is 12.0 Å². The summed E-state index contributed by atoms with van der Waals surface area (Å²) in [6, 6.07) is 7.59. The first kappa shape index (κ1) is 14.3. The van der Waals surface area contributed by atoms with E-state index < -0.39 is 0 Å². The second kappa shape index (κ2) is 4.69. The molecule has 0 aromatic heterocycles. The predicted octanol–water partition coefficient (Wildman–Crippen LogP) is 3.93. The highest BCUT2D eigenvalue weighted by atomic mass is 16.2. The minimum Gasteiger partial charge on any atom is -0.267 e. The number of rotatable bonds is 2. The van der Waals surface area contributed by atoms with Gasteiger partial charge in [0.15, 0.2) is 0 Å². The number of nitrogens with one attached hydrogen (secondary N) is 1. The number of nitrogens with zero attached hydrogens (tertiary/aromatic N) is 1. The second-order valence-corrected chi connectivity index (χ2v) is 7.36. The van der Waals surface area contributed by atoms with Gasteiger partial charge >= 0.3 is 0 Å². The van der Waals surface area contributed by atoms with Gasteiger partial charge in [-0.2, -0.15) is 5.10 Å². The Bertz CT molecular complexity index is 600. The van der Waals surface area contributed by atoms with E-state index in [1.807, 2.05) is 31.2 Å². The summed E-state index contributed by atoms with van der Waals surface area (Å²) in [5, 5.41) is 4.49. The van der Waals surface area contributed by atoms with Crippen LogP contribution in [0.15, 0.2) is 29.4 Å². The van der Waals surface area contributed by atoms with E-state index in [-0.39, 0.29) is 11.3 Å². The normalized spacial score (nSPS) is 31.6. The van der Waals surface area contributed by atoms with Crippen LogP contribution in [-0.4, -0.2) is 11.6 Å². The lowest BCUT2D eigenvalue weighted by molar-refractivity contribution is 0.0954. The summed E-state index contributed by atoms with van der Waals surface area (Å²) < 4.78 is 0. The van der Waals surface area contributed by atoms with Gasteiger partial charge in [-0.1, -0.05) is 38.5 Å². The third-order valence-corrected chi connectivity index (χ3v) is 6.12. The Balaban J connectivity index is 1.76. The minimum absolute atomic E-state index is 0.119. The number of fused-ring (bicyclic) bond motifs is 2. The molecule has 112 valence electrons. The number of carbonyl (C=O) groups excluding carboxylic acids is 1. The number of carbonyl (C=O) groups is 1. The molecule has 1 aromatic carbocycles. The van der Waals surface area contributed by atoms with E-state index in [1.54, 1.807) is 0 Å². The van der Waals surface area contributed by atoms with E-state index in [9.17, 15) is 4.79 Å². The molecule has 3 rings (SSSR count). The number of hydrogen-bond acceptors (Lipinski definition) is 2. The van der Waals surface area contributed by atoms with Crippen molar-refractivity contribution in [1.82, 2.24) is 5.43 Å². The van der Waals surface area contributed by atoms with Gasteiger partial charge in [0.05, 0.1) is 0 Å². The summed E-state index contributed by atoms with van der Waals surface area (Å²) in [4.78, 5) is 12.2. The highest BCUT2D eigenvalue weighted by Gasteiger charge is 2.59. The van der Waals surface area contributed by atoms with Crippen LogP contribution >= 0.6 is 0 Å². The first-order chi connectivity index (χ1) is 9.84. The Labute approximate surface area is 126 Å². The highest BCUT2D eigenvalue weighted by Crippen LogP contribution is 2.63. The Morgan fingerprint density at radius 3 is 2.43 bits per heavy atom. The minimum atomic E-state index is -0.119. The van der Waals surface area contributed by atoms with Crippen LogP contribution in [-0.2, 0) is 0 Å². The van der Waals surface area contributed by atoms with Crippen molar-refractivity contribution < 1.29 is 4.79 Å². The van der Waals surface area contributed by atoms with Crippen molar-refractivity contribution in [1.29, 1.82) is 0 Å². The van der Waals surface area contributed by atoms with Gasteiger partial charge in [-0.3, -0.25) is 4.79 Å². The zero-order valence-corrected chi connectivity index (χ0v) is 13.4. The fraction of sp³-hybridized carbons (Fsp3) is 0.556. The lowest BCUT2D eigenvalue weighted by Gasteiger charge is -2.34. The van der Waals surface area contributed by atoms with Crippen LogP contribution in [0.4, 0.5) is 0 Å². The van der Waals surface area contributed by atoms with Crippen LogP contribution in [0.5, 0.6) is 0 Å². The van der Waals surface area contributed by atoms with Crippen LogP contribution in [0.1, 0.15) is 56.0 Å². The van der Waals surface area contributed by atoms with Crippen LogP contribution in [0, 0.1) is 23.7 Å². The molecule has 0 heterocycles. The van der Waals surface area contributed by atoms with Gasteiger partial charge in [-0.15, -0.1) is 0 Å². The van der Waals surface area contributed by atoms with Gasteiger partial charge in [-0.25, -0.2) is 5.43 Å². The summed E-state index contributed by atoms with van der Waals surface area (Å²) >= 11 is 0. The number of hydrazone groups is 1. The third kappa shape index (κ3) is 2.10. The van der Waals surface area contributed by atoms with E-state index in [1.165, 1.54) is 18.6 Å². The lowest BCUT2D eigenvalue weighted by Crippen LogP contribution is -2.34. The average molecular weight is 284 g/mol. The molecule has 3 heteroatoms. The quantitative estimate of drug-likeness (QED) is 0.821. The van der Waals surface area contributed by atoms with Crippen molar-refractivity contribution in [3.63, 3.8) is 0 Å². The first-order valence-corrected chi connectivity index (χ1v) is 7.78. The van der Waals surface area contributed by atoms with E-state index in [2.05, 4.69) is 31.3 Å². The molecular formula is C18H24N2O. The smallest absolute Gasteiger partial charge is 0.267 e. The van der Waals surface area contributed by atoms with Crippen LogP contribution in [0.25, 0.3) is 0 Å². The van der Waals surface area contributed by atoms with Gasteiger partial charge in [-0.05, 0) is 49.7 Å². The van der Waals surface area contributed by atoms with Gasteiger partial charge in [0.25, 0.3) is 5.91 Å². The molecule has 3 nitrogen and oxygen atoms in total. The number of aryl methyl sites for hydroxylation is 1. The van der Waals surface area contributed by atoms with E-state index in [4.69, 9.17) is 0 Å². The lowest BCUT2D eigenvalue weighted by atomic mass is 9.70. The maximum atomic E-state index is 12.2. The molecule has 2 fully saturated rings. The monoisotopic (exact) mass is 284 g/mol. The molecule has 1 N–H and O–H groups in total. The molecule has 2 atom stereocenters. The van der Waals surface area contributed by atoms with Crippen LogP contribution in [0.2, 0.25) is 0 Å². The summed E-state index contributed by atoms with van der Waals surface area (Å²) in [7, 11) is 0. The standard InChI is InChI=1S/C18H24N2O/c1-12-5-7-13(8-6-12)16(21)20-19-15-11-14-9-10-18(15,4)17(14,2)3/h5-8,14H,9-11H2,1-4H3,(H,20,21)/b19-15-/t14-,18-/m0/s1. The molecule has 1 aromatic rings. The Hall–Kier alpha value is -1.64. The number of hydrogen-bond donors (Lipinski definition) is 1. The van der Waals surface area contributed by atoms with Gasteiger partial charge < -0.3 is 0 Å². The second-order valence-electron chi connectivity index (χ2n) is 7.36. The van der Waals surface area contributed by atoms with Crippen molar-refractivity contribution in [2.24, 2.45) is 21.8 Å². The molecule has 2 bridgehead atoms. The molecule has 0 unspecified atom stereocenters.